The number of benzene rings is 1. The van der Waals surface area contributed by atoms with Crippen LogP contribution < -0.4 is 27.2 Å². The van der Waals surface area contributed by atoms with Crippen LogP contribution in [0.4, 0.5) is 22.9 Å². The maximum absolute atomic E-state index is 12.6. The van der Waals surface area contributed by atoms with E-state index in [1.807, 2.05) is 13.8 Å². The van der Waals surface area contributed by atoms with Gasteiger partial charge in [0.25, 0.3) is 11.2 Å². The molecule has 12 nitrogen and oxygen atoms in total. The van der Waals surface area contributed by atoms with E-state index < -0.39 is 22.1 Å². The molecule has 0 aliphatic rings. The monoisotopic (exact) mass is 434 g/mol. The number of amides is 1. The number of aromatic nitrogens is 2. The third-order valence-corrected chi connectivity index (χ3v) is 4.35. The Bertz CT molecular complexity index is 1060. The Kier molecular flexibility index (Phi) is 7.91. The Balaban J connectivity index is 2.39. The highest BCUT2D eigenvalue weighted by molar-refractivity contribution is 5.96. The largest absolute Gasteiger partial charge is 0.383 e. The number of methoxy groups -OCH3 is 1. The molecule has 1 aromatic heterocycles. The van der Waals surface area contributed by atoms with Crippen LogP contribution in [0.2, 0.25) is 0 Å². The average molecular weight is 434 g/mol. The van der Waals surface area contributed by atoms with Crippen molar-refractivity contribution in [2.45, 2.75) is 20.4 Å². The lowest BCUT2D eigenvalue weighted by Crippen LogP contribution is -2.43. The molecule has 0 unspecified atom stereocenters. The number of rotatable bonds is 10. The number of nitro benzene ring substituents is 1. The van der Waals surface area contributed by atoms with E-state index in [1.54, 1.807) is 6.07 Å². The molecule has 0 bridgehead atoms. The number of para-hydroxylation sites is 2. The SMILES string of the molecule is COCCN(CC(=O)Nc1ccccc1[N+](=O)[O-])c1c(N)n(CC(C)C)c(=O)[nH]c1=O. The van der Waals surface area contributed by atoms with Crippen LogP contribution in [-0.2, 0) is 16.1 Å². The first-order valence-electron chi connectivity index (χ1n) is 9.55. The highest BCUT2D eigenvalue weighted by atomic mass is 16.6. The third-order valence-electron chi connectivity index (χ3n) is 4.35. The quantitative estimate of drug-likeness (QED) is 0.364. The zero-order valence-electron chi connectivity index (χ0n) is 17.6. The Hall–Kier alpha value is -3.67. The Morgan fingerprint density at radius 2 is 2.03 bits per heavy atom. The van der Waals surface area contributed by atoms with Gasteiger partial charge in [-0.1, -0.05) is 26.0 Å². The number of nitrogens with two attached hydrogens (primary N) is 1. The molecule has 2 rings (SSSR count). The van der Waals surface area contributed by atoms with Gasteiger partial charge < -0.3 is 20.7 Å². The van der Waals surface area contributed by atoms with Crippen LogP contribution in [0.5, 0.6) is 0 Å². The molecule has 0 aliphatic heterocycles. The number of anilines is 3. The second-order valence-corrected chi connectivity index (χ2v) is 7.23. The van der Waals surface area contributed by atoms with E-state index in [9.17, 15) is 24.5 Å². The molecule has 4 N–H and O–H groups in total. The highest BCUT2D eigenvalue weighted by Crippen LogP contribution is 2.23. The minimum atomic E-state index is -0.739. The summed E-state index contributed by atoms with van der Waals surface area (Å²) in [6.45, 7) is 3.99. The first-order valence-corrected chi connectivity index (χ1v) is 9.55. The van der Waals surface area contributed by atoms with Crippen molar-refractivity contribution in [3.8, 4) is 0 Å². The first kappa shape index (κ1) is 23.6. The average Bonchev–Trinajstić information content (AvgIpc) is 2.69. The van der Waals surface area contributed by atoms with E-state index in [2.05, 4.69) is 10.3 Å². The number of hydrogen-bond donors (Lipinski definition) is 3. The number of ether oxygens (including phenoxy) is 1. The second-order valence-electron chi connectivity index (χ2n) is 7.23. The van der Waals surface area contributed by atoms with Crippen molar-refractivity contribution in [1.29, 1.82) is 0 Å². The predicted octanol–water partition coefficient (Wildman–Crippen LogP) is 0.775. The highest BCUT2D eigenvalue weighted by Gasteiger charge is 2.22. The van der Waals surface area contributed by atoms with Gasteiger partial charge in [0.1, 0.15) is 17.2 Å². The normalized spacial score (nSPS) is 10.8. The molecular formula is C19H26N6O6. The summed E-state index contributed by atoms with van der Waals surface area (Å²) >= 11 is 0. The summed E-state index contributed by atoms with van der Waals surface area (Å²) in [6, 6.07) is 5.70. The molecule has 1 aromatic carbocycles. The van der Waals surface area contributed by atoms with Crippen molar-refractivity contribution >= 4 is 28.8 Å². The second kappa shape index (κ2) is 10.4. The summed E-state index contributed by atoms with van der Waals surface area (Å²) in [6.07, 6.45) is 0. The molecule has 0 aliphatic carbocycles. The lowest BCUT2D eigenvalue weighted by Gasteiger charge is -2.25. The lowest BCUT2D eigenvalue weighted by atomic mass is 10.2. The maximum atomic E-state index is 12.6. The van der Waals surface area contributed by atoms with Gasteiger partial charge in [0, 0.05) is 26.3 Å². The fourth-order valence-electron chi connectivity index (χ4n) is 3.00. The molecular weight excluding hydrogens is 408 g/mol. The summed E-state index contributed by atoms with van der Waals surface area (Å²) in [5.41, 5.74) is 4.47. The summed E-state index contributed by atoms with van der Waals surface area (Å²) in [4.78, 5) is 51.5. The van der Waals surface area contributed by atoms with E-state index in [0.717, 1.165) is 0 Å². The van der Waals surface area contributed by atoms with Crippen molar-refractivity contribution < 1.29 is 14.5 Å². The summed E-state index contributed by atoms with van der Waals surface area (Å²) in [7, 11) is 1.46. The molecule has 0 saturated heterocycles. The first-order chi connectivity index (χ1) is 14.6. The molecule has 1 heterocycles. The van der Waals surface area contributed by atoms with Gasteiger partial charge in [0.15, 0.2) is 0 Å². The molecule has 0 radical (unpaired) electrons. The number of carbonyl (C=O) groups is 1. The molecule has 0 saturated carbocycles. The topological polar surface area (TPSA) is 166 Å². The molecule has 12 heteroatoms. The summed E-state index contributed by atoms with van der Waals surface area (Å²) in [5, 5.41) is 13.6. The molecule has 2 aromatic rings. The van der Waals surface area contributed by atoms with Crippen LogP contribution in [-0.4, -0.2) is 47.2 Å². The van der Waals surface area contributed by atoms with E-state index in [4.69, 9.17) is 10.5 Å². The van der Waals surface area contributed by atoms with Crippen molar-refractivity contribution in [3.63, 3.8) is 0 Å². The summed E-state index contributed by atoms with van der Waals surface area (Å²) < 4.78 is 6.30. The zero-order valence-corrected chi connectivity index (χ0v) is 17.6. The van der Waals surface area contributed by atoms with Gasteiger partial charge in [-0.15, -0.1) is 0 Å². The maximum Gasteiger partial charge on any atom is 0.330 e. The summed E-state index contributed by atoms with van der Waals surface area (Å²) in [5.74, 6) is -0.601. The van der Waals surface area contributed by atoms with Crippen molar-refractivity contribution in [2.75, 3.05) is 42.8 Å². The van der Waals surface area contributed by atoms with Crippen LogP contribution in [0.15, 0.2) is 33.9 Å². The van der Waals surface area contributed by atoms with E-state index in [-0.39, 0.29) is 55.0 Å². The zero-order chi connectivity index (χ0) is 23.1. The number of nitro groups is 1. The van der Waals surface area contributed by atoms with Gasteiger partial charge in [-0.25, -0.2) is 4.79 Å². The smallest absolute Gasteiger partial charge is 0.330 e. The van der Waals surface area contributed by atoms with Gasteiger partial charge in [-0.3, -0.25) is 29.3 Å². The molecule has 168 valence electrons. The van der Waals surface area contributed by atoms with Crippen LogP contribution in [0, 0.1) is 16.0 Å². The standard InChI is InChI=1S/C19H26N6O6/c1-12(2)10-24-17(20)16(18(27)22-19(24)28)23(8-9-31-3)11-15(26)21-13-6-4-5-7-14(13)25(29)30/h4-7,12H,8-11,20H2,1-3H3,(H,21,26)(H,22,27,28). The van der Waals surface area contributed by atoms with Gasteiger partial charge in [-0.05, 0) is 12.0 Å². The Morgan fingerprint density at radius 1 is 1.35 bits per heavy atom. The van der Waals surface area contributed by atoms with Crippen LogP contribution in [0.25, 0.3) is 0 Å². The van der Waals surface area contributed by atoms with E-state index >= 15 is 0 Å². The Labute approximate surface area is 177 Å². The van der Waals surface area contributed by atoms with E-state index in [0.29, 0.717) is 0 Å². The van der Waals surface area contributed by atoms with Gasteiger partial charge in [-0.2, -0.15) is 0 Å². The molecule has 0 atom stereocenters. The molecule has 31 heavy (non-hydrogen) atoms. The predicted molar refractivity (Wildman–Crippen MR) is 116 cm³/mol. The number of hydrogen-bond acceptors (Lipinski definition) is 8. The third kappa shape index (κ3) is 5.92. The number of carbonyl (C=O) groups excluding carboxylic acids is 1. The number of H-pyrrole nitrogens is 1. The fraction of sp³-hybridized carbons (Fsp3) is 0.421. The number of aromatic amines is 1. The number of nitrogens with one attached hydrogen (secondary N) is 2. The molecule has 0 fully saturated rings. The van der Waals surface area contributed by atoms with Crippen molar-refractivity contribution in [3.05, 3.63) is 55.2 Å². The van der Waals surface area contributed by atoms with Crippen molar-refractivity contribution in [1.82, 2.24) is 9.55 Å². The van der Waals surface area contributed by atoms with Gasteiger partial charge in [0.05, 0.1) is 18.1 Å². The minimum Gasteiger partial charge on any atom is -0.383 e. The number of nitrogens with zero attached hydrogens (tertiary/aromatic N) is 3. The fourth-order valence-corrected chi connectivity index (χ4v) is 3.00. The Morgan fingerprint density at radius 3 is 2.65 bits per heavy atom. The minimum absolute atomic E-state index is 0.0239. The molecule has 1 amide bonds. The number of nitrogen functional groups attached to an aromatic ring is 1. The van der Waals surface area contributed by atoms with Crippen LogP contribution in [0.1, 0.15) is 13.8 Å². The van der Waals surface area contributed by atoms with Crippen molar-refractivity contribution in [2.24, 2.45) is 5.92 Å². The van der Waals surface area contributed by atoms with Crippen LogP contribution in [0.3, 0.4) is 0 Å². The van der Waals surface area contributed by atoms with E-state index in [1.165, 1.54) is 34.8 Å². The van der Waals surface area contributed by atoms with Crippen LogP contribution >= 0.6 is 0 Å². The van der Waals surface area contributed by atoms with Gasteiger partial charge >= 0.3 is 5.69 Å². The molecule has 0 spiro atoms. The van der Waals surface area contributed by atoms with Gasteiger partial charge in [0.2, 0.25) is 5.91 Å². The lowest BCUT2D eigenvalue weighted by molar-refractivity contribution is -0.383.